The average Bonchev–Trinajstić information content (AvgIpc) is 3.30. The van der Waals surface area contributed by atoms with Crippen molar-refractivity contribution in [2.45, 2.75) is 56.8 Å². The topological polar surface area (TPSA) is 64.0 Å². The zero-order valence-electron chi connectivity index (χ0n) is 15.0. The molecule has 4 rings (SSSR count). The van der Waals surface area contributed by atoms with E-state index in [2.05, 4.69) is 4.98 Å². The molecule has 2 heterocycles. The van der Waals surface area contributed by atoms with Gasteiger partial charge in [-0.3, -0.25) is 14.2 Å². The lowest BCUT2D eigenvalue weighted by Crippen LogP contribution is -2.62. The Kier molecular flexibility index (Phi) is 4.64. The number of amides is 1. The number of nitrogens with zero attached hydrogens (tertiary/aromatic N) is 2. The van der Waals surface area contributed by atoms with Crippen LogP contribution in [0.25, 0.3) is 11.0 Å². The number of alkyl halides is 3. The summed E-state index contributed by atoms with van der Waals surface area (Å²) >= 11 is 6.07. The highest BCUT2D eigenvalue weighted by atomic mass is 35.5. The van der Waals surface area contributed by atoms with Gasteiger partial charge < -0.3 is 5.32 Å². The second kappa shape index (κ2) is 6.76. The van der Waals surface area contributed by atoms with Crippen molar-refractivity contribution in [3.63, 3.8) is 0 Å². The second-order valence-corrected chi connectivity index (χ2v) is 7.92. The van der Waals surface area contributed by atoms with Crippen molar-refractivity contribution in [2.24, 2.45) is 5.92 Å². The number of benzene rings is 1. The Hall–Kier alpha value is -2.09. The van der Waals surface area contributed by atoms with Gasteiger partial charge in [0.1, 0.15) is 11.3 Å². The first-order chi connectivity index (χ1) is 13.2. The third-order valence-electron chi connectivity index (χ3n) is 5.75. The third-order valence-corrected chi connectivity index (χ3v) is 6.05. The predicted octanol–water partition coefficient (Wildman–Crippen LogP) is 4.12. The smallest absolute Gasteiger partial charge is 0.319 e. The lowest BCUT2D eigenvalue weighted by Gasteiger charge is -2.33. The quantitative estimate of drug-likeness (QED) is 0.820. The summed E-state index contributed by atoms with van der Waals surface area (Å²) in [6.45, 7) is 0. The summed E-state index contributed by atoms with van der Waals surface area (Å²) in [4.78, 5) is 29.1. The molecule has 150 valence electrons. The van der Waals surface area contributed by atoms with Crippen LogP contribution in [0.2, 0.25) is 5.02 Å². The third kappa shape index (κ3) is 2.89. The minimum Gasteiger partial charge on any atom is -0.319 e. The van der Waals surface area contributed by atoms with Crippen LogP contribution in [0.4, 0.5) is 13.2 Å². The maximum absolute atomic E-state index is 14.2. The minimum absolute atomic E-state index is 0.0432. The molecule has 1 saturated carbocycles. The van der Waals surface area contributed by atoms with Crippen LogP contribution in [-0.4, -0.2) is 27.4 Å². The van der Waals surface area contributed by atoms with E-state index in [9.17, 15) is 22.8 Å². The number of carbonyl (C=O) groups is 2. The molecule has 5 nitrogen and oxygen atoms in total. The molecular formula is C19H19ClF3N3O2. The standard InChI is InChI=1S/C19H19ClF3N3O2/c20-12-6-3-7-13-17(12)24-15-10-14(27)18(26(13)15,19(21,22)23)25-16(28)9-8-11-4-1-2-5-11/h3,6-7,11H,1-2,4-5,8-10H2,(H,25,28). The molecule has 0 radical (unpaired) electrons. The van der Waals surface area contributed by atoms with Gasteiger partial charge in [-0.15, -0.1) is 0 Å². The molecule has 2 aliphatic rings. The lowest BCUT2D eigenvalue weighted by atomic mass is 10.00. The maximum atomic E-state index is 14.2. The van der Waals surface area contributed by atoms with E-state index in [0.29, 0.717) is 12.3 Å². The normalized spacial score (nSPS) is 22.8. The fourth-order valence-corrected chi connectivity index (χ4v) is 4.59. The number of halogens is 4. The SMILES string of the molecule is O=C(CCC1CCCC1)NC1(C(F)(F)F)C(=O)Cc2nc3c(Cl)cccc3n21. The molecule has 28 heavy (non-hydrogen) atoms. The lowest BCUT2D eigenvalue weighted by molar-refractivity contribution is -0.218. The molecule has 1 aliphatic heterocycles. The number of fused-ring (bicyclic) bond motifs is 3. The highest BCUT2D eigenvalue weighted by Gasteiger charge is 2.66. The van der Waals surface area contributed by atoms with E-state index in [4.69, 9.17) is 11.6 Å². The zero-order chi connectivity index (χ0) is 20.1. The molecule has 0 saturated heterocycles. The Bertz CT molecular complexity index is 950. The number of aromatic nitrogens is 2. The van der Waals surface area contributed by atoms with E-state index >= 15 is 0 Å². The molecule has 0 bridgehead atoms. The number of imidazole rings is 1. The van der Waals surface area contributed by atoms with Crippen LogP contribution in [0.1, 0.15) is 44.3 Å². The van der Waals surface area contributed by atoms with E-state index in [0.717, 1.165) is 30.3 Å². The Morgan fingerprint density at radius 3 is 2.71 bits per heavy atom. The van der Waals surface area contributed by atoms with E-state index in [1.54, 1.807) is 0 Å². The van der Waals surface area contributed by atoms with Crippen molar-refractivity contribution in [3.8, 4) is 0 Å². The molecule has 1 N–H and O–H groups in total. The van der Waals surface area contributed by atoms with Crippen molar-refractivity contribution < 1.29 is 22.8 Å². The van der Waals surface area contributed by atoms with Crippen LogP contribution in [0.3, 0.4) is 0 Å². The summed E-state index contributed by atoms with van der Waals surface area (Å²) in [7, 11) is 0. The Morgan fingerprint density at radius 1 is 1.32 bits per heavy atom. The van der Waals surface area contributed by atoms with Crippen molar-refractivity contribution in [3.05, 3.63) is 29.0 Å². The number of hydrogen-bond acceptors (Lipinski definition) is 3. The minimum atomic E-state index is -5.02. The van der Waals surface area contributed by atoms with Gasteiger partial charge in [0, 0.05) is 6.42 Å². The summed E-state index contributed by atoms with van der Waals surface area (Å²) in [5.74, 6) is -1.62. The number of rotatable bonds is 4. The number of ketones is 1. The Labute approximate surface area is 164 Å². The Morgan fingerprint density at radius 2 is 2.04 bits per heavy atom. The van der Waals surface area contributed by atoms with Gasteiger partial charge in [0.05, 0.1) is 17.0 Å². The number of para-hydroxylation sites is 1. The molecule has 0 spiro atoms. The number of nitrogens with one attached hydrogen (secondary N) is 1. The van der Waals surface area contributed by atoms with Gasteiger partial charge in [0.15, 0.2) is 5.78 Å². The molecule has 9 heteroatoms. The van der Waals surface area contributed by atoms with Crippen LogP contribution in [0.5, 0.6) is 0 Å². The van der Waals surface area contributed by atoms with Crippen molar-refractivity contribution in [1.29, 1.82) is 0 Å². The highest BCUT2D eigenvalue weighted by Crippen LogP contribution is 2.44. The molecule has 1 unspecified atom stereocenters. The van der Waals surface area contributed by atoms with Gasteiger partial charge in [-0.2, -0.15) is 13.2 Å². The van der Waals surface area contributed by atoms with Crippen molar-refractivity contribution >= 4 is 34.3 Å². The van der Waals surface area contributed by atoms with Crippen LogP contribution in [0, 0.1) is 5.92 Å². The van der Waals surface area contributed by atoms with Gasteiger partial charge in [0.2, 0.25) is 5.91 Å². The van der Waals surface area contributed by atoms with Crippen molar-refractivity contribution in [1.82, 2.24) is 14.9 Å². The summed E-state index contributed by atoms with van der Waals surface area (Å²) in [6.07, 6.45) is -0.904. The predicted molar refractivity (Wildman–Crippen MR) is 96.8 cm³/mol. The maximum Gasteiger partial charge on any atom is 0.438 e. The first-order valence-electron chi connectivity index (χ1n) is 9.31. The van der Waals surface area contributed by atoms with Crippen LogP contribution >= 0.6 is 11.6 Å². The molecule has 1 aromatic heterocycles. The second-order valence-electron chi connectivity index (χ2n) is 7.52. The molecule has 1 atom stereocenters. The largest absolute Gasteiger partial charge is 0.438 e. The fourth-order valence-electron chi connectivity index (χ4n) is 4.38. The Balaban J connectivity index is 1.72. The van der Waals surface area contributed by atoms with Gasteiger partial charge in [-0.1, -0.05) is 43.4 Å². The van der Waals surface area contributed by atoms with Gasteiger partial charge in [-0.05, 0) is 24.5 Å². The van der Waals surface area contributed by atoms with Gasteiger partial charge >= 0.3 is 6.18 Å². The average molecular weight is 414 g/mol. The highest BCUT2D eigenvalue weighted by molar-refractivity contribution is 6.35. The number of Topliss-reactive ketones (excluding diaryl/α,β-unsaturated/α-hetero) is 1. The molecular weight excluding hydrogens is 395 g/mol. The van der Waals surface area contributed by atoms with Gasteiger partial charge in [-0.25, -0.2) is 4.98 Å². The molecule has 2 aromatic rings. The molecule has 1 fully saturated rings. The van der Waals surface area contributed by atoms with Crippen molar-refractivity contribution in [2.75, 3.05) is 0 Å². The summed E-state index contributed by atoms with van der Waals surface area (Å²) in [5.41, 5.74) is -2.89. The molecule has 1 aromatic carbocycles. The monoisotopic (exact) mass is 413 g/mol. The summed E-state index contributed by atoms with van der Waals surface area (Å²) in [6, 6.07) is 4.43. The van der Waals surface area contributed by atoms with E-state index in [-0.39, 0.29) is 28.3 Å². The van der Waals surface area contributed by atoms with Crippen LogP contribution in [0.15, 0.2) is 18.2 Å². The van der Waals surface area contributed by atoms with Crippen LogP contribution < -0.4 is 5.32 Å². The van der Waals surface area contributed by atoms with Gasteiger partial charge in [0.25, 0.3) is 5.66 Å². The fraction of sp³-hybridized carbons (Fsp3) is 0.526. The summed E-state index contributed by atoms with van der Waals surface area (Å²) in [5, 5.41) is 2.22. The van der Waals surface area contributed by atoms with E-state index in [1.165, 1.54) is 18.2 Å². The molecule has 1 aliphatic carbocycles. The number of carbonyl (C=O) groups excluding carboxylic acids is 2. The first-order valence-corrected chi connectivity index (χ1v) is 9.69. The zero-order valence-corrected chi connectivity index (χ0v) is 15.7. The number of hydrogen-bond donors (Lipinski definition) is 1. The summed E-state index contributed by atoms with van der Waals surface area (Å²) < 4.78 is 43.5. The van der Waals surface area contributed by atoms with Crippen LogP contribution in [-0.2, 0) is 21.7 Å². The van der Waals surface area contributed by atoms with E-state index in [1.807, 2.05) is 5.32 Å². The first kappa shape index (κ1) is 19.2. The molecule has 1 amide bonds. The van der Waals surface area contributed by atoms with E-state index < -0.39 is 30.0 Å².